The summed E-state index contributed by atoms with van der Waals surface area (Å²) in [5, 5.41) is 15.1. The average Bonchev–Trinajstić information content (AvgIpc) is 3.46. The summed E-state index contributed by atoms with van der Waals surface area (Å²) in [6.45, 7) is 8.29. The van der Waals surface area contributed by atoms with Gasteiger partial charge in [0.05, 0.1) is 10.6 Å². The van der Waals surface area contributed by atoms with Crippen LogP contribution in [0, 0.1) is 0 Å². The van der Waals surface area contributed by atoms with E-state index in [1.165, 1.54) is 0 Å². The van der Waals surface area contributed by atoms with Crippen LogP contribution in [0.3, 0.4) is 0 Å². The molecule has 2 N–H and O–H groups in total. The van der Waals surface area contributed by atoms with Crippen LogP contribution in [0.1, 0.15) is 49.1 Å². The van der Waals surface area contributed by atoms with E-state index >= 15 is 0 Å². The van der Waals surface area contributed by atoms with Crippen LogP contribution in [0.2, 0.25) is 0 Å². The number of nitrogens with one attached hydrogen (secondary N) is 1. The molecule has 7 heteroatoms. The molecule has 0 aliphatic rings. The lowest BCUT2D eigenvalue weighted by Gasteiger charge is -2.15. The number of hydrogen-bond donors (Lipinski definition) is 2. The Hall–Kier alpha value is -2.48. The quantitative estimate of drug-likeness (QED) is 0.296. The van der Waals surface area contributed by atoms with Gasteiger partial charge in [0.1, 0.15) is 0 Å². The van der Waals surface area contributed by atoms with Gasteiger partial charge in [0, 0.05) is 22.2 Å². The van der Waals surface area contributed by atoms with E-state index in [0.29, 0.717) is 17.7 Å². The second-order valence-corrected chi connectivity index (χ2v) is 10.1. The number of benzene rings is 1. The van der Waals surface area contributed by atoms with Gasteiger partial charge in [0.15, 0.2) is 11.0 Å². The maximum absolute atomic E-state index is 13.3. The molecule has 0 bridgehead atoms. The zero-order valence-corrected chi connectivity index (χ0v) is 20.7. The third-order valence-electron chi connectivity index (χ3n) is 5.04. The van der Waals surface area contributed by atoms with E-state index in [2.05, 4.69) is 42.7 Å². The molecule has 0 radical (unpaired) electrons. The highest BCUT2D eigenvalue weighted by molar-refractivity contribution is 7.86. The summed E-state index contributed by atoms with van der Waals surface area (Å²) in [6.07, 6.45) is 6.29. The smallest absolute Gasteiger partial charge is 0.303 e. The highest BCUT2D eigenvalue weighted by Crippen LogP contribution is 2.34. The number of carboxylic acid groups (broad SMARTS) is 1. The highest BCUT2D eigenvalue weighted by atomic mass is 32.2. The molecule has 4 nitrogen and oxygen atoms in total. The van der Waals surface area contributed by atoms with Crippen LogP contribution in [-0.4, -0.2) is 15.3 Å². The van der Waals surface area contributed by atoms with Gasteiger partial charge >= 0.3 is 5.97 Å². The van der Waals surface area contributed by atoms with Crippen molar-refractivity contribution in [2.45, 2.75) is 44.4 Å². The third kappa shape index (κ3) is 5.85. The zero-order chi connectivity index (χ0) is 23.1. The van der Waals surface area contributed by atoms with Gasteiger partial charge < -0.3 is 9.83 Å². The van der Waals surface area contributed by atoms with E-state index in [-0.39, 0.29) is 6.42 Å². The van der Waals surface area contributed by atoms with Crippen molar-refractivity contribution in [3.8, 4) is 11.1 Å². The lowest BCUT2D eigenvalue weighted by atomic mass is 9.97. The van der Waals surface area contributed by atoms with Gasteiger partial charge in [0.2, 0.25) is 0 Å². The molecule has 32 heavy (non-hydrogen) atoms. The summed E-state index contributed by atoms with van der Waals surface area (Å²) in [5.74, 6) is -0.864. The summed E-state index contributed by atoms with van der Waals surface area (Å²) in [5.41, 5.74) is 5.39. The van der Waals surface area contributed by atoms with Crippen LogP contribution < -0.4 is 4.72 Å². The van der Waals surface area contributed by atoms with Crippen LogP contribution in [0.25, 0.3) is 22.8 Å². The van der Waals surface area contributed by atoms with Gasteiger partial charge in [-0.2, -0.15) is 11.3 Å². The van der Waals surface area contributed by atoms with Crippen LogP contribution >= 0.6 is 22.7 Å². The van der Waals surface area contributed by atoms with Crippen molar-refractivity contribution in [3.63, 3.8) is 0 Å². The molecule has 0 aliphatic carbocycles. The van der Waals surface area contributed by atoms with E-state index in [4.69, 9.17) is 5.11 Å². The predicted molar refractivity (Wildman–Crippen MR) is 139 cm³/mol. The van der Waals surface area contributed by atoms with Crippen LogP contribution in [0.4, 0.5) is 5.69 Å². The Bertz CT molecular complexity index is 1140. The van der Waals surface area contributed by atoms with E-state index in [1.807, 2.05) is 35.0 Å². The SMILES string of the molecule is C=C(CCC(=O)O)c1cc(-c2ccsc2)ccc1NS(=O)c1csc(/C=C\CC)c1CC. The molecule has 3 aromatic rings. The fourth-order valence-electron chi connectivity index (χ4n) is 3.33. The molecule has 0 amide bonds. The molecule has 1 unspecified atom stereocenters. The van der Waals surface area contributed by atoms with Crippen molar-refractivity contribution in [1.82, 2.24) is 0 Å². The van der Waals surface area contributed by atoms with Crippen molar-refractivity contribution in [2.75, 3.05) is 4.72 Å². The van der Waals surface area contributed by atoms with Gasteiger partial charge in [-0.15, -0.1) is 11.3 Å². The summed E-state index contributed by atoms with van der Waals surface area (Å²) < 4.78 is 16.5. The molecule has 168 valence electrons. The van der Waals surface area contributed by atoms with Gasteiger partial charge in [-0.05, 0) is 76.6 Å². The first-order chi connectivity index (χ1) is 15.4. The molecule has 1 aromatic carbocycles. The maximum Gasteiger partial charge on any atom is 0.303 e. The second kappa shape index (κ2) is 11.4. The number of anilines is 1. The molecule has 2 heterocycles. The number of carboxylic acids is 1. The van der Waals surface area contributed by atoms with Crippen molar-refractivity contribution in [2.24, 2.45) is 0 Å². The molecular formula is C25H27NO3S3. The fourth-order valence-corrected chi connectivity index (χ4v) is 6.47. The van der Waals surface area contributed by atoms with Crippen LogP contribution in [-0.2, 0) is 22.2 Å². The number of thiophene rings is 2. The Balaban J connectivity index is 1.93. The van der Waals surface area contributed by atoms with E-state index < -0.39 is 17.0 Å². The summed E-state index contributed by atoms with van der Waals surface area (Å²) in [6, 6.07) is 7.93. The van der Waals surface area contributed by atoms with Crippen molar-refractivity contribution in [3.05, 3.63) is 69.1 Å². The first kappa shape index (κ1) is 24.2. The second-order valence-electron chi connectivity index (χ2n) is 7.25. The Labute approximate surface area is 199 Å². The van der Waals surface area contributed by atoms with Crippen molar-refractivity contribution < 1.29 is 14.1 Å². The first-order valence-corrected chi connectivity index (χ1v) is 13.4. The largest absolute Gasteiger partial charge is 0.481 e. The minimum absolute atomic E-state index is 0.00166. The molecule has 2 aromatic heterocycles. The fraction of sp³-hybridized carbons (Fsp3) is 0.240. The summed E-state index contributed by atoms with van der Waals surface area (Å²) in [4.78, 5) is 13.0. The Morgan fingerprint density at radius 2 is 2.00 bits per heavy atom. The van der Waals surface area contributed by atoms with Crippen LogP contribution in [0.15, 0.2) is 58.0 Å². The molecule has 0 spiro atoms. The first-order valence-electron chi connectivity index (χ1n) is 10.5. The third-order valence-corrected chi connectivity index (χ3v) is 8.04. The maximum atomic E-state index is 13.3. The number of carbonyl (C=O) groups is 1. The Morgan fingerprint density at radius 3 is 2.66 bits per heavy atom. The normalized spacial score (nSPS) is 12.2. The topological polar surface area (TPSA) is 66.4 Å². The number of rotatable bonds is 11. The molecular weight excluding hydrogens is 458 g/mol. The molecule has 0 saturated carbocycles. The predicted octanol–water partition coefficient (Wildman–Crippen LogP) is 7.47. The number of aliphatic carboxylic acids is 1. The highest BCUT2D eigenvalue weighted by Gasteiger charge is 2.17. The van der Waals surface area contributed by atoms with Gasteiger partial charge in [-0.1, -0.05) is 32.6 Å². The summed E-state index contributed by atoms with van der Waals surface area (Å²) >= 11 is 3.22. The standard InChI is InChI=1S/C25H27NO3S3/c1-4-6-7-23-20(5-2)24(16-31-23)32(29)26-22-10-9-18(19-12-13-30-15-19)14-21(22)17(3)8-11-25(27)28/h6-7,9-10,12-16,26H,3-5,8,11H2,1-2H3,(H,27,28)/b7-6-. The van der Waals surface area contributed by atoms with Crippen molar-refractivity contribution >= 4 is 57.0 Å². The number of hydrogen-bond acceptors (Lipinski definition) is 4. The van der Waals surface area contributed by atoms with E-state index in [1.54, 1.807) is 22.7 Å². The summed E-state index contributed by atoms with van der Waals surface area (Å²) in [7, 11) is -1.44. The minimum Gasteiger partial charge on any atom is -0.481 e. The molecule has 0 aliphatic heterocycles. The van der Waals surface area contributed by atoms with Gasteiger partial charge in [-0.3, -0.25) is 4.79 Å². The Morgan fingerprint density at radius 1 is 1.19 bits per heavy atom. The average molecular weight is 486 g/mol. The molecule has 3 rings (SSSR count). The molecule has 1 atom stereocenters. The van der Waals surface area contributed by atoms with E-state index in [9.17, 15) is 9.00 Å². The zero-order valence-electron chi connectivity index (χ0n) is 18.2. The van der Waals surface area contributed by atoms with Crippen molar-refractivity contribution in [1.29, 1.82) is 0 Å². The van der Waals surface area contributed by atoms with Crippen LogP contribution in [0.5, 0.6) is 0 Å². The molecule has 0 saturated heterocycles. The molecule has 0 fully saturated rings. The lowest BCUT2D eigenvalue weighted by Crippen LogP contribution is -2.08. The Kier molecular flexibility index (Phi) is 8.61. The minimum atomic E-state index is -1.44. The lowest BCUT2D eigenvalue weighted by molar-refractivity contribution is -0.136. The van der Waals surface area contributed by atoms with E-state index in [0.717, 1.165) is 44.9 Å². The van der Waals surface area contributed by atoms with Gasteiger partial charge in [-0.25, -0.2) is 4.21 Å². The number of allylic oxidation sites excluding steroid dienone is 2. The van der Waals surface area contributed by atoms with Gasteiger partial charge in [0.25, 0.3) is 0 Å². The monoisotopic (exact) mass is 485 g/mol.